The first kappa shape index (κ1) is 13.6. The molecule has 2 N–H and O–H groups in total. The molecule has 0 aromatic carbocycles. The number of thiophene rings is 1. The third-order valence-corrected chi connectivity index (χ3v) is 4.81. The molecule has 0 saturated heterocycles. The van der Waals surface area contributed by atoms with Crippen LogP contribution in [0.5, 0.6) is 0 Å². The maximum absolute atomic E-state index is 11.9. The summed E-state index contributed by atoms with van der Waals surface area (Å²) in [4.78, 5) is 0.896. The Kier molecular flexibility index (Phi) is 4.91. The molecule has 0 aliphatic heterocycles. The van der Waals surface area contributed by atoms with Crippen molar-refractivity contribution in [3.8, 4) is 0 Å². The maximum Gasteiger partial charge on any atom is 0.241 e. The molecule has 0 aliphatic rings. The first-order valence-corrected chi connectivity index (χ1v) is 7.56. The molecule has 1 aromatic rings. The van der Waals surface area contributed by atoms with Crippen LogP contribution in [0.15, 0.2) is 16.3 Å². The van der Waals surface area contributed by atoms with E-state index in [1.54, 1.807) is 5.38 Å². The molecule has 0 fully saturated rings. The van der Waals surface area contributed by atoms with Gasteiger partial charge < -0.3 is 5.11 Å². The van der Waals surface area contributed by atoms with Crippen LogP contribution in [-0.4, -0.2) is 19.6 Å². The van der Waals surface area contributed by atoms with Gasteiger partial charge in [0.1, 0.15) is 0 Å². The molecule has 0 spiro atoms. The fourth-order valence-corrected chi connectivity index (χ4v) is 3.82. The second kappa shape index (κ2) is 5.77. The van der Waals surface area contributed by atoms with Crippen molar-refractivity contribution in [3.05, 3.63) is 16.3 Å². The molecule has 1 atom stereocenters. The van der Waals surface area contributed by atoms with Gasteiger partial charge in [-0.15, -0.1) is 11.3 Å². The highest BCUT2D eigenvalue weighted by Gasteiger charge is 2.18. The minimum Gasteiger partial charge on any atom is -0.391 e. The molecule has 0 radical (unpaired) electrons. The van der Waals surface area contributed by atoms with Gasteiger partial charge in [0.2, 0.25) is 10.0 Å². The Hall–Kier alpha value is -0.430. The van der Waals surface area contributed by atoms with Crippen molar-refractivity contribution in [2.24, 2.45) is 0 Å². The Bertz CT molecular complexity index is 425. The largest absolute Gasteiger partial charge is 0.391 e. The van der Waals surface area contributed by atoms with Crippen molar-refractivity contribution in [2.45, 2.75) is 44.2 Å². The zero-order valence-electron chi connectivity index (χ0n) is 9.43. The molecule has 1 heterocycles. The van der Waals surface area contributed by atoms with Gasteiger partial charge in [-0.2, -0.15) is 0 Å². The van der Waals surface area contributed by atoms with Crippen molar-refractivity contribution >= 4 is 21.4 Å². The van der Waals surface area contributed by atoms with E-state index >= 15 is 0 Å². The van der Waals surface area contributed by atoms with Gasteiger partial charge in [0.05, 0.1) is 11.5 Å². The van der Waals surface area contributed by atoms with E-state index in [9.17, 15) is 8.42 Å². The summed E-state index contributed by atoms with van der Waals surface area (Å²) in [6, 6.07) is 1.44. The minimum absolute atomic E-state index is 0.0625. The molecule has 0 aliphatic carbocycles. The summed E-state index contributed by atoms with van der Waals surface area (Å²) >= 11 is 1.25. The van der Waals surface area contributed by atoms with E-state index in [0.29, 0.717) is 4.88 Å². The van der Waals surface area contributed by atoms with E-state index in [1.807, 2.05) is 13.8 Å². The highest BCUT2D eigenvalue weighted by Crippen LogP contribution is 2.19. The van der Waals surface area contributed by atoms with Gasteiger partial charge in [-0.05, 0) is 19.4 Å². The molecule has 0 bridgehead atoms. The Labute approximate surface area is 100 Å². The van der Waals surface area contributed by atoms with E-state index in [0.717, 1.165) is 12.8 Å². The van der Waals surface area contributed by atoms with Crippen LogP contribution in [0.3, 0.4) is 0 Å². The molecule has 0 saturated carbocycles. The number of hydrogen-bond donors (Lipinski definition) is 2. The topological polar surface area (TPSA) is 66.4 Å². The molecular weight excluding hydrogens is 246 g/mol. The summed E-state index contributed by atoms with van der Waals surface area (Å²) in [5.74, 6) is 0. The van der Waals surface area contributed by atoms with Crippen LogP contribution in [0.1, 0.15) is 31.6 Å². The molecular formula is C10H17NO3S2. The Morgan fingerprint density at radius 1 is 1.56 bits per heavy atom. The fourth-order valence-electron chi connectivity index (χ4n) is 1.41. The molecule has 6 heteroatoms. The summed E-state index contributed by atoms with van der Waals surface area (Å²) in [6.07, 6.45) is 1.76. The van der Waals surface area contributed by atoms with E-state index in [1.165, 1.54) is 17.4 Å². The zero-order valence-corrected chi connectivity index (χ0v) is 11.1. The predicted molar refractivity (Wildman–Crippen MR) is 64.9 cm³/mol. The minimum atomic E-state index is -3.42. The second-order valence-electron chi connectivity index (χ2n) is 3.72. The van der Waals surface area contributed by atoms with E-state index in [2.05, 4.69) is 4.72 Å². The van der Waals surface area contributed by atoms with Crippen LogP contribution in [-0.2, 0) is 16.6 Å². The van der Waals surface area contributed by atoms with Crippen molar-refractivity contribution in [2.75, 3.05) is 0 Å². The molecule has 92 valence electrons. The molecule has 4 nitrogen and oxygen atoms in total. The van der Waals surface area contributed by atoms with Gasteiger partial charge in [-0.1, -0.05) is 13.3 Å². The standard InChI is InChI=1S/C10H17NO3S2/c1-3-4-8(2)11-16(13,14)10-5-9(6-12)15-7-10/h5,7-8,11-12H,3-4,6H2,1-2H3. The summed E-state index contributed by atoms with van der Waals surface area (Å²) < 4.78 is 26.3. The lowest BCUT2D eigenvalue weighted by atomic mass is 10.2. The highest BCUT2D eigenvalue weighted by atomic mass is 32.2. The monoisotopic (exact) mass is 263 g/mol. The van der Waals surface area contributed by atoms with Crippen LogP contribution in [0.2, 0.25) is 0 Å². The Morgan fingerprint density at radius 2 is 2.25 bits per heavy atom. The van der Waals surface area contributed by atoms with Crippen LogP contribution in [0, 0.1) is 0 Å². The van der Waals surface area contributed by atoms with Gasteiger partial charge in [0, 0.05) is 16.3 Å². The number of aliphatic hydroxyl groups is 1. The molecule has 0 amide bonds. The Balaban J connectivity index is 2.77. The quantitative estimate of drug-likeness (QED) is 0.821. The molecule has 16 heavy (non-hydrogen) atoms. The molecule has 1 unspecified atom stereocenters. The average Bonchev–Trinajstić information content (AvgIpc) is 2.65. The first-order chi connectivity index (χ1) is 7.49. The lowest BCUT2D eigenvalue weighted by molar-refractivity contribution is 0.285. The summed E-state index contributed by atoms with van der Waals surface area (Å²) in [6.45, 7) is 3.74. The number of aliphatic hydroxyl groups excluding tert-OH is 1. The first-order valence-electron chi connectivity index (χ1n) is 5.20. The Morgan fingerprint density at radius 3 is 2.75 bits per heavy atom. The summed E-state index contributed by atoms with van der Waals surface area (Å²) in [5, 5.41) is 10.4. The number of hydrogen-bond acceptors (Lipinski definition) is 4. The molecule has 1 aromatic heterocycles. The van der Waals surface area contributed by atoms with Crippen LogP contribution in [0.25, 0.3) is 0 Å². The predicted octanol–water partition coefficient (Wildman–Crippen LogP) is 1.71. The third kappa shape index (κ3) is 3.55. The highest BCUT2D eigenvalue weighted by molar-refractivity contribution is 7.89. The van der Waals surface area contributed by atoms with Crippen LogP contribution in [0.4, 0.5) is 0 Å². The average molecular weight is 263 g/mol. The van der Waals surface area contributed by atoms with Gasteiger partial charge >= 0.3 is 0 Å². The maximum atomic E-state index is 11.9. The van der Waals surface area contributed by atoms with Gasteiger partial charge in [-0.3, -0.25) is 0 Å². The summed E-state index contributed by atoms with van der Waals surface area (Å²) in [5.41, 5.74) is 0. The van der Waals surface area contributed by atoms with Crippen LogP contribution >= 0.6 is 11.3 Å². The van der Waals surface area contributed by atoms with Crippen LogP contribution < -0.4 is 4.72 Å². The van der Waals surface area contributed by atoms with Gasteiger partial charge in [-0.25, -0.2) is 13.1 Å². The lowest BCUT2D eigenvalue weighted by Crippen LogP contribution is -2.32. The van der Waals surface area contributed by atoms with Crippen molar-refractivity contribution in [1.82, 2.24) is 4.72 Å². The van der Waals surface area contributed by atoms with Crippen molar-refractivity contribution in [3.63, 3.8) is 0 Å². The normalized spacial score (nSPS) is 13.9. The van der Waals surface area contributed by atoms with E-state index in [4.69, 9.17) is 5.11 Å². The smallest absolute Gasteiger partial charge is 0.241 e. The fraction of sp³-hybridized carbons (Fsp3) is 0.600. The lowest BCUT2D eigenvalue weighted by Gasteiger charge is -2.11. The van der Waals surface area contributed by atoms with Crippen molar-refractivity contribution < 1.29 is 13.5 Å². The van der Waals surface area contributed by atoms with E-state index < -0.39 is 10.0 Å². The second-order valence-corrected chi connectivity index (χ2v) is 6.43. The van der Waals surface area contributed by atoms with E-state index in [-0.39, 0.29) is 17.5 Å². The molecule has 1 rings (SSSR count). The van der Waals surface area contributed by atoms with Crippen molar-refractivity contribution in [1.29, 1.82) is 0 Å². The van der Waals surface area contributed by atoms with Gasteiger partial charge in [0.15, 0.2) is 0 Å². The zero-order chi connectivity index (χ0) is 12.2. The number of rotatable bonds is 6. The van der Waals surface area contributed by atoms with Gasteiger partial charge in [0.25, 0.3) is 0 Å². The third-order valence-electron chi connectivity index (χ3n) is 2.17. The summed E-state index contributed by atoms with van der Waals surface area (Å²) in [7, 11) is -3.42. The SMILES string of the molecule is CCCC(C)NS(=O)(=O)c1csc(CO)c1. The number of sulfonamides is 1. The number of nitrogens with one attached hydrogen (secondary N) is 1.